The molecule has 11 nitrogen and oxygen atoms in total. The summed E-state index contributed by atoms with van der Waals surface area (Å²) in [7, 11) is 0. The summed E-state index contributed by atoms with van der Waals surface area (Å²) in [6.07, 6.45) is -0.0526. The van der Waals surface area contributed by atoms with Gasteiger partial charge in [0.25, 0.3) is 0 Å². The van der Waals surface area contributed by atoms with E-state index in [4.69, 9.17) is 18.6 Å². The number of nitrogens with zero attached hydrogens (tertiary/aromatic N) is 3. The lowest BCUT2D eigenvalue weighted by Crippen LogP contribution is -2.42. The van der Waals surface area contributed by atoms with E-state index in [0.717, 1.165) is 22.4 Å². The van der Waals surface area contributed by atoms with Crippen LogP contribution in [0.2, 0.25) is 0 Å². The zero-order chi connectivity index (χ0) is 33.2. The van der Waals surface area contributed by atoms with Crippen LogP contribution in [0.5, 0.6) is 5.75 Å². The van der Waals surface area contributed by atoms with Crippen molar-refractivity contribution in [3.63, 3.8) is 0 Å². The van der Waals surface area contributed by atoms with Crippen LogP contribution < -0.4 is 15.4 Å². The molecule has 4 bridgehead atoms. The van der Waals surface area contributed by atoms with Crippen molar-refractivity contribution in [3.05, 3.63) is 82.8 Å². The number of benzene rings is 2. The highest BCUT2D eigenvalue weighted by atomic mass is 16.5. The fourth-order valence-electron chi connectivity index (χ4n) is 7.07. The molecule has 5 atom stereocenters. The maximum Gasteiger partial charge on any atom is 0.250 e. The van der Waals surface area contributed by atoms with Crippen LogP contribution in [0.25, 0.3) is 11.6 Å². The molecule has 3 aliphatic rings. The van der Waals surface area contributed by atoms with Gasteiger partial charge in [0.15, 0.2) is 29.2 Å². The van der Waals surface area contributed by atoms with E-state index in [9.17, 15) is 20.0 Å². The fourth-order valence-corrected chi connectivity index (χ4v) is 7.07. The molecule has 2 aromatic heterocycles. The molecule has 5 heterocycles. The molecule has 242 valence electrons. The first-order chi connectivity index (χ1) is 22.4. The molecule has 1 spiro atoms. The van der Waals surface area contributed by atoms with Crippen LogP contribution in [0.4, 0.5) is 5.69 Å². The van der Waals surface area contributed by atoms with Crippen molar-refractivity contribution < 1.29 is 28.3 Å². The van der Waals surface area contributed by atoms with E-state index in [0.29, 0.717) is 17.9 Å². The Morgan fingerprint density at radius 3 is 2.66 bits per heavy atom. The van der Waals surface area contributed by atoms with E-state index >= 15 is 0 Å². The topological polar surface area (TPSA) is 164 Å². The highest BCUT2D eigenvalue weighted by Gasteiger charge is 2.61. The molecule has 0 radical (unpaired) electrons. The second-order valence-corrected chi connectivity index (χ2v) is 14.2. The summed E-state index contributed by atoms with van der Waals surface area (Å²) < 4.78 is 19.2. The van der Waals surface area contributed by atoms with Gasteiger partial charge in [-0.15, -0.1) is 0 Å². The van der Waals surface area contributed by atoms with Crippen molar-refractivity contribution in [1.29, 1.82) is 5.26 Å². The van der Waals surface area contributed by atoms with Crippen LogP contribution in [0.15, 0.2) is 57.6 Å². The Kier molecular flexibility index (Phi) is 7.24. The van der Waals surface area contributed by atoms with Gasteiger partial charge in [-0.1, -0.05) is 65.0 Å². The highest BCUT2D eigenvalue weighted by molar-refractivity contribution is 5.89. The van der Waals surface area contributed by atoms with Gasteiger partial charge in [0.05, 0.1) is 0 Å². The van der Waals surface area contributed by atoms with Crippen LogP contribution in [0.3, 0.4) is 0 Å². The summed E-state index contributed by atoms with van der Waals surface area (Å²) in [6.45, 7) is 9.77. The van der Waals surface area contributed by atoms with E-state index in [1.807, 2.05) is 83.2 Å². The average molecular weight is 636 g/mol. The molecule has 1 amide bonds. The van der Waals surface area contributed by atoms with Crippen LogP contribution in [-0.4, -0.2) is 39.1 Å². The summed E-state index contributed by atoms with van der Waals surface area (Å²) in [6, 6.07) is 14.9. The number of hydrogen-bond donors (Lipinski definition) is 3. The molecule has 7 rings (SSSR count). The molecule has 3 N–H and O–H groups in total. The van der Waals surface area contributed by atoms with Gasteiger partial charge in [-0.2, -0.15) is 10.2 Å². The number of oxazole rings is 2. The van der Waals surface area contributed by atoms with Gasteiger partial charge < -0.3 is 29.3 Å². The van der Waals surface area contributed by atoms with Crippen LogP contribution >= 0.6 is 0 Å². The van der Waals surface area contributed by atoms with Gasteiger partial charge in [0.2, 0.25) is 17.7 Å². The Hall–Kier alpha value is -4.95. The van der Waals surface area contributed by atoms with Crippen molar-refractivity contribution in [1.82, 2.24) is 15.3 Å². The number of aliphatic hydroxyl groups excluding tert-OH is 1. The number of ether oxygens (including phenoxy) is 1. The zero-order valence-corrected chi connectivity index (χ0v) is 27.0. The summed E-state index contributed by atoms with van der Waals surface area (Å²) >= 11 is 0. The third-order valence-corrected chi connectivity index (χ3v) is 9.33. The normalized spacial score (nSPS) is 23.4. The van der Waals surface area contributed by atoms with E-state index < -0.39 is 35.1 Å². The van der Waals surface area contributed by atoms with Crippen molar-refractivity contribution in [3.8, 4) is 23.4 Å². The predicted molar refractivity (Wildman–Crippen MR) is 170 cm³/mol. The Balaban J connectivity index is 1.47. The fraction of sp³-hybridized carbons (Fsp3) is 0.417. The number of rotatable bonds is 6. The number of anilines is 1. The molecule has 0 aliphatic carbocycles. The first-order valence-electron chi connectivity index (χ1n) is 15.9. The summed E-state index contributed by atoms with van der Waals surface area (Å²) in [4.78, 5) is 36.8. The van der Waals surface area contributed by atoms with E-state index in [1.54, 1.807) is 0 Å². The molecule has 0 saturated heterocycles. The number of amides is 1. The molecule has 4 aromatic rings. The number of aliphatic hydroxyl groups is 1. The minimum atomic E-state index is -1.16. The average Bonchev–Trinajstić information content (AvgIpc) is 3.79. The van der Waals surface area contributed by atoms with Crippen LogP contribution in [0, 0.1) is 28.6 Å². The summed E-state index contributed by atoms with van der Waals surface area (Å²) in [5.41, 5.74) is 2.12. The molecule has 2 unspecified atom stereocenters. The number of nitrogens with one attached hydrogen (secondary N) is 2. The Labute approximate surface area is 272 Å². The third kappa shape index (κ3) is 4.99. The second kappa shape index (κ2) is 11.1. The van der Waals surface area contributed by atoms with Gasteiger partial charge in [0, 0.05) is 23.6 Å². The van der Waals surface area contributed by atoms with Gasteiger partial charge in [0.1, 0.15) is 35.6 Å². The SMILES string of the molecule is CC(C)C[C@H](O)C(=O)CC1Cc2ccc3c(c2)[C@@]2(c4ccccc4NC2O3)c2oc(nc2-c2nc(C#N)co2)[C@H](C(C)(C)C)NC1=O. The number of carbonyl (C=O) groups excluding carboxylic acids is 2. The maximum atomic E-state index is 14.1. The second-order valence-electron chi connectivity index (χ2n) is 14.2. The first-order valence-corrected chi connectivity index (χ1v) is 15.9. The number of para-hydroxylation sites is 1. The Morgan fingerprint density at radius 1 is 1.15 bits per heavy atom. The summed E-state index contributed by atoms with van der Waals surface area (Å²) in [5, 5.41) is 26.9. The number of fused-ring (bicyclic) bond motifs is 4. The molecule has 2 aromatic carbocycles. The smallest absolute Gasteiger partial charge is 0.250 e. The molecule has 11 heteroatoms. The van der Waals surface area contributed by atoms with Gasteiger partial charge >= 0.3 is 0 Å². The Bertz CT molecular complexity index is 1930. The molecular formula is C36H37N5O6. The maximum absolute atomic E-state index is 14.1. The number of carbonyl (C=O) groups is 2. The third-order valence-electron chi connectivity index (χ3n) is 9.33. The quantitative estimate of drug-likeness (QED) is 0.249. The lowest BCUT2D eigenvalue weighted by Gasteiger charge is -2.32. The van der Waals surface area contributed by atoms with Crippen molar-refractivity contribution >= 4 is 17.4 Å². The predicted octanol–water partition coefficient (Wildman–Crippen LogP) is 5.42. The van der Waals surface area contributed by atoms with Gasteiger partial charge in [-0.05, 0) is 47.4 Å². The first kappa shape index (κ1) is 30.7. The van der Waals surface area contributed by atoms with Crippen molar-refractivity contribution in [2.24, 2.45) is 17.3 Å². The molecule has 0 fully saturated rings. The standard InChI is InChI=1S/C36H37N5O6/c1-18(2)12-25(42)26(43)15-20-13-19-10-11-27-23(14-19)36(22-8-6-7-9-24(22)39-34(36)46-27)30-28(32-38-21(16-37)17-45-32)40-33(47-30)29(35(3,4)5)41-31(20)44/h6-11,14,17-18,20,25,29,34,39,42H,12-13,15H2,1-5H3,(H,41,44)/t20?,25-,29+,34?,36-/m0/s1. The number of Topliss-reactive ketones (excluding diaryl/α,β-unsaturated/α-hetero) is 1. The minimum absolute atomic E-state index is 0.0885. The lowest BCUT2D eigenvalue weighted by atomic mass is 9.72. The number of nitriles is 1. The molecule has 47 heavy (non-hydrogen) atoms. The van der Waals surface area contributed by atoms with E-state index in [1.165, 1.54) is 6.26 Å². The highest BCUT2D eigenvalue weighted by Crippen LogP contribution is 2.59. The Morgan fingerprint density at radius 2 is 1.94 bits per heavy atom. The largest absolute Gasteiger partial charge is 0.469 e. The van der Waals surface area contributed by atoms with E-state index in [2.05, 4.69) is 15.6 Å². The number of aromatic nitrogens is 2. The van der Waals surface area contributed by atoms with Gasteiger partial charge in [-0.25, -0.2) is 4.98 Å². The molecule has 3 aliphatic heterocycles. The monoisotopic (exact) mass is 635 g/mol. The van der Waals surface area contributed by atoms with Crippen molar-refractivity contribution in [2.75, 3.05) is 5.32 Å². The molecule has 0 saturated carbocycles. The van der Waals surface area contributed by atoms with Gasteiger partial charge in [-0.3, -0.25) is 9.59 Å². The number of ketones is 1. The number of hydrogen-bond acceptors (Lipinski definition) is 10. The van der Waals surface area contributed by atoms with Crippen LogP contribution in [0.1, 0.15) is 87.5 Å². The van der Waals surface area contributed by atoms with Crippen LogP contribution in [-0.2, 0) is 21.4 Å². The van der Waals surface area contributed by atoms with E-state index in [-0.39, 0.29) is 53.6 Å². The summed E-state index contributed by atoms with van der Waals surface area (Å²) in [5.74, 6) is -0.00949. The zero-order valence-electron chi connectivity index (χ0n) is 27.0. The molecular weight excluding hydrogens is 598 g/mol. The van der Waals surface area contributed by atoms with Crippen molar-refractivity contribution in [2.45, 2.75) is 77.7 Å². The lowest BCUT2D eigenvalue weighted by molar-refractivity contribution is -0.134. The minimum Gasteiger partial charge on any atom is -0.469 e.